The van der Waals surface area contributed by atoms with Gasteiger partial charge >= 0.3 is 0 Å². The molecule has 3 aliphatic rings. The maximum Gasteiger partial charge on any atom is 0.188 e. The van der Waals surface area contributed by atoms with Crippen molar-refractivity contribution in [1.82, 2.24) is 0 Å². The average molecular weight is 285 g/mol. The Morgan fingerprint density at radius 3 is 2.40 bits per heavy atom. The molecule has 3 saturated heterocycles. The van der Waals surface area contributed by atoms with Crippen LogP contribution in [0.4, 0.5) is 0 Å². The fourth-order valence-corrected chi connectivity index (χ4v) is 2.89. The molecule has 5 atom stereocenters. The van der Waals surface area contributed by atoms with Gasteiger partial charge in [0.05, 0.1) is 12.6 Å². The molecule has 0 N–H and O–H groups in total. The van der Waals surface area contributed by atoms with Gasteiger partial charge in [0.15, 0.2) is 17.9 Å². The number of hydrogen-bond acceptors (Lipinski definition) is 6. The van der Waals surface area contributed by atoms with E-state index in [4.69, 9.17) is 29.2 Å². The Balaban J connectivity index is 1.78. The smallest absolute Gasteiger partial charge is 0.188 e. The molecule has 0 bridgehead atoms. The van der Waals surface area contributed by atoms with Crippen LogP contribution in [0.2, 0.25) is 0 Å². The highest BCUT2D eigenvalue weighted by atomic mass is 16.8. The first kappa shape index (κ1) is 14.1. The summed E-state index contributed by atoms with van der Waals surface area (Å²) in [5, 5.41) is 3.82. The first-order chi connectivity index (χ1) is 9.31. The van der Waals surface area contributed by atoms with Crippen molar-refractivity contribution in [3.63, 3.8) is 0 Å². The Labute approximate surface area is 116 Å². The van der Waals surface area contributed by atoms with E-state index in [1.54, 1.807) is 13.8 Å². The molecule has 112 valence electrons. The van der Waals surface area contributed by atoms with Crippen LogP contribution < -0.4 is 0 Å². The molecule has 0 saturated carbocycles. The van der Waals surface area contributed by atoms with Crippen molar-refractivity contribution < 1.29 is 23.7 Å². The van der Waals surface area contributed by atoms with Crippen LogP contribution in [0.3, 0.4) is 0 Å². The predicted molar refractivity (Wildman–Crippen MR) is 66.5 cm³/mol. The lowest BCUT2D eigenvalue weighted by atomic mass is 10.0. The van der Waals surface area contributed by atoms with Crippen LogP contribution in [-0.2, 0) is 23.7 Å². The number of nitrogens with zero attached hydrogens (tertiary/aromatic N) is 3. The van der Waals surface area contributed by atoms with E-state index in [1.807, 2.05) is 13.8 Å². The molecular formula is C12H19N3O5. The maximum absolute atomic E-state index is 8.77. The topological polar surface area (TPSA) is 94.9 Å². The van der Waals surface area contributed by atoms with E-state index in [0.29, 0.717) is 6.61 Å². The fraction of sp³-hybridized carbons (Fsp3) is 1.00. The quantitative estimate of drug-likeness (QED) is 0.437. The second kappa shape index (κ2) is 4.56. The summed E-state index contributed by atoms with van der Waals surface area (Å²) in [4.78, 5) is 2.90. The largest absolute Gasteiger partial charge is 0.348 e. The zero-order valence-electron chi connectivity index (χ0n) is 12.0. The van der Waals surface area contributed by atoms with Crippen molar-refractivity contribution >= 4 is 0 Å². The molecule has 8 heteroatoms. The van der Waals surface area contributed by atoms with Gasteiger partial charge in [0, 0.05) is 4.91 Å². The second-order valence-electron chi connectivity index (χ2n) is 6.13. The summed E-state index contributed by atoms with van der Waals surface area (Å²) in [5.41, 5.74) is 8.77. The Morgan fingerprint density at radius 2 is 1.80 bits per heavy atom. The normalized spacial score (nSPS) is 45.1. The number of fused-ring (bicyclic) bond motifs is 1. The van der Waals surface area contributed by atoms with Crippen molar-refractivity contribution in [2.24, 2.45) is 5.11 Å². The number of ether oxygens (including phenoxy) is 5. The summed E-state index contributed by atoms with van der Waals surface area (Å²) in [6, 6.07) is -0.491. The summed E-state index contributed by atoms with van der Waals surface area (Å²) in [5.74, 6) is -1.40. The number of azide groups is 1. The molecule has 0 aliphatic carbocycles. The van der Waals surface area contributed by atoms with Gasteiger partial charge in [-0.2, -0.15) is 0 Å². The lowest BCUT2D eigenvalue weighted by Gasteiger charge is -2.26. The van der Waals surface area contributed by atoms with Gasteiger partial charge in [-0.15, -0.1) is 0 Å². The first-order valence-electron chi connectivity index (χ1n) is 6.68. The molecule has 0 amide bonds. The van der Waals surface area contributed by atoms with Crippen LogP contribution in [-0.4, -0.2) is 48.8 Å². The van der Waals surface area contributed by atoms with Crippen molar-refractivity contribution in [3.8, 4) is 0 Å². The van der Waals surface area contributed by atoms with Crippen LogP contribution in [0.25, 0.3) is 10.4 Å². The number of hydrogen-bond donors (Lipinski definition) is 0. The van der Waals surface area contributed by atoms with Crippen molar-refractivity contribution in [1.29, 1.82) is 0 Å². The van der Waals surface area contributed by atoms with E-state index < -0.39 is 36.1 Å². The van der Waals surface area contributed by atoms with Gasteiger partial charge in [0.2, 0.25) is 0 Å². The molecule has 20 heavy (non-hydrogen) atoms. The van der Waals surface area contributed by atoms with Gasteiger partial charge in [0.1, 0.15) is 18.3 Å². The zero-order chi connectivity index (χ0) is 14.5. The molecule has 3 fully saturated rings. The van der Waals surface area contributed by atoms with Gasteiger partial charge in [0.25, 0.3) is 0 Å². The summed E-state index contributed by atoms with van der Waals surface area (Å²) < 4.78 is 28.6. The van der Waals surface area contributed by atoms with Crippen LogP contribution >= 0.6 is 0 Å². The summed E-state index contributed by atoms with van der Waals surface area (Å²) in [6.07, 6.45) is -1.70. The molecule has 3 rings (SSSR count). The van der Waals surface area contributed by atoms with Crippen LogP contribution in [0.1, 0.15) is 27.7 Å². The molecule has 1 unspecified atom stereocenters. The Kier molecular flexibility index (Phi) is 3.20. The molecule has 8 nitrogen and oxygen atoms in total. The van der Waals surface area contributed by atoms with Crippen LogP contribution in [0, 0.1) is 0 Å². The highest BCUT2D eigenvalue weighted by Crippen LogP contribution is 2.41. The van der Waals surface area contributed by atoms with Crippen LogP contribution in [0.15, 0.2) is 5.11 Å². The molecule has 0 aromatic carbocycles. The Hall–Kier alpha value is -0.890. The third-order valence-electron chi connectivity index (χ3n) is 3.63. The van der Waals surface area contributed by atoms with E-state index >= 15 is 0 Å². The van der Waals surface area contributed by atoms with Gasteiger partial charge in [-0.25, -0.2) is 0 Å². The van der Waals surface area contributed by atoms with E-state index in [1.165, 1.54) is 0 Å². The third-order valence-corrected chi connectivity index (χ3v) is 3.63. The number of rotatable bonds is 2. The van der Waals surface area contributed by atoms with Crippen molar-refractivity contribution in [2.75, 3.05) is 6.61 Å². The van der Waals surface area contributed by atoms with Crippen LogP contribution in [0.5, 0.6) is 0 Å². The third kappa shape index (κ3) is 2.39. The molecule has 0 aromatic rings. The fourth-order valence-electron chi connectivity index (χ4n) is 2.89. The van der Waals surface area contributed by atoms with Gasteiger partial charge in [-0.05, 0) is 33.2 Å². The summed E-state index contributed by atoms with van der Waals surface area (Å²) in [6.45, 7) is 7.66. The maximum atomic E-state index is 8.77. The van der Waals surface area contributed by atoms with Crippen molar-refractivity contribution in [3.05, 3.63) is 10.4 Å². The average Bonchev–Trinajstić information content (AvgIpc) is 2.91. The SMILES string of the molecule is CC1(C)OC[C@H]([C@H]2OC3OC(C)(C)O[C@@H]3[C@H]2N=[N+]=[N-])O1. The van der Waals surface area contributed by atoms with E-state index in [-0.39, 0.29) is 6.10 Å². The lowest BCUT2D eigenvalue weighted by molar-refractivity contribution is -0.222. The van der Waals surface area contributed by atoms with Crippen molar-refractivity contribution in [2.45, 2.75) is 69.9 Å². The molecule has 0 aromatic heterocycles. The molecule has 0 radical (unpaired) electrons. The predicted octanol–water partition coefficient (Wildman–Crippen LogP) is 1.69. The summed E-state index contributed by atoms with van der Waals surface area (Å²) in [7, 11) is 0. The highest BCUT2D eigenvalue weighted by molar-refractivity contribution is 5.01. The minimum atomic E-state index is -0.740. The van der Waals surface area contributed by atoms with E-state index in [2.05, 4.69) is 10.0 Å². The molecule has 3 aliphatic heterocycles. The summed E-state index contributed by atoms with van der Waals surface area (Å²) >= 11 is 0. The van der Waals surface area contributed by atoms with E-state index in [9.17, 15) is 0 Å². The standard InChI is InChI=1S/C12H19N3O5/c1-11(2)16-5-6(18-11)8-7(14-15-13)9-10(17-8)20-12(3,4)19-9/h6-10H,5H2,1-4H3/t6-,7+,8-,9-,10?/m1/s1. The van der Waals surface area contributed by atoms with Gasteiger partial charge < -0.3 is 23.7 Å². The first-order valence-corrected chi connectivity index (χ1v) is 6.68. The Bertz CT molecular complexity index is 448. The lowest BCUT2D eigenvalue weighted by Crippen LogP contribution is -2.41. The Morgan fingerprint density at radius 1 is 1.05 bits per heavy atom. The molecule has 0 spiro atoms. The zero-order valence-corrected chi connectivity index (χ0v) is 12.0. The minimum absolute atomic E-state index is 0.304. The molecule has 3 heterocycles. The second-order valence-corrected chi connectivity index (χ2v) is 6.13. The van der Waals surface area contributed by atoms with E-state index in [0.717, 1.165) is 0 Å². The monoisotopic (exact) mass is 285 g/mol. The van der Waals surface area contributed by atoms with Gasteiger partial charge in [-0.3, -0.25) is 0 Å². The van der Waals surface area contributed by atoms with Gasteiger partial charge in [-0.1, -0.05) is 5.11 Å². The highest BCUT2D eigenvalue weighted by Gasteiger charge is 2.57. The molecular weight excluding hydrogens is 266 g/mol. The minimum Gasteiger partial charge on any atom is -0.348 e.